The van der Waals surface area contributed by atoms with Gasteiger partial charge in [0.15, 0.2) is 0 Å². The second-order valence-electron chi connectivity index (χ2n) is 4.48. The molecule has 1 N–H and O–H groups in total. The van der Waals surface area contributed by atoms with Gasteiger partial charge < -0.3 is 5.32 Å². The molecule has 1 atom stereocenters. The van der Waals surface area contributed by atoms with Gasteiger partial charge in [0.1, 0.15) is 16.2 Å². The van der Waals surface area contributed by atoms with Crippen molar-refractivity contribution >= 4 is 28.0 Å². The maximum absolute atomic E-state index is 4.36. The highest BCUT2D eigenvalue weighted by Crippen LogP contribution is 2.22. The van der Waals surface area contributed by atoms with Gasteiger partial charge in [0.2, 0.25) is 0 Å². The highest BCUT2D eigenvalue weighted by molar-refractivity contribution is 9.10. The molecule has 90 valence electrons. The number of hydrogen-bond donors (Lipinski definition) is 1. The van der Waals surface area contributed by atoms with Gasteiger partial charge in [-0.15, -0.1) is 0 Å². The maximum Gasteiger partial charge on any atom is 0.132 e. The minimum absolute atomic E-state index is 0.558. The molecule has 2 heterocycles. The van der Waals surface area contributed by atoms with Crippen LogP contribution in [-0.2, 0) is 0 Å². The smallest absolute Gasteiger partial charge is 0.132 e. The fourth-order valence-corrected chi connectivity index (χ4v) is 2.08. The van der Waals surface area contributed by atoms with Crippen molar-refractivity contribution < 1.29 is 0 Å². The average molecular weight is 294 g/mol. The fraction of sp³-hybridized carbons (Fsp3) is 0.385. The summed E-state index contributed by atoms with van der Waals surface area (Å²) >= 11 is 3.35. The third kappa shape index (κ3) is 3.40. The van der Waals surface area contributed by atoms with Crippen LogP contribution in [0.5, 0.6) is 0 Å². The maximum atomic E-state index is 4.36. The Morgan fingerprint density at radius 1 is 1.41 bits per heavy atom. The van der Waals surface area contributed by atoms with E-state index in [0.29, 0.717) is 11.8 Å². The molecule has 1 aromatic rings. The second-order valence-corrected chi connectivity index (χ2v) is 5.29. The quantitative estimate of drug-likeness (QED) is 0.860. The molecule has 17 heavy (non-hydrogen) atoms. The van der Waals surface area contributed by atoms with Crippen molar-refractivity contribution in [1.29, 1.82) is 0 Å². The van der Waals surface area contributed by atoms with Crippen molar-refractivity contribution in [3.63, 3.8) is 0 Å². The lowest BCUT2D eigenvalue weighted by atomic mass is 9.91. The first kappa shape index (κ1) is 12.3. The molecule has 0 radical (unpaired) electrons. The molecule has 0 bridgehead atoms. The summed E-state index contributed by atoms with van der Waals surface area (Å²) in [5, 5.41) is 3.23. The summed E-state index contributed by atoms with van der Waals surface area (Å²) in [5.41, 5.74) is 0. The third-order valence-corrected chi connectivity index (χ3v) is 3.25. The lowest BCUT2D eigenvalue weighted by molar-refractivity contribution is 0.476. The predicted molar refractivity (Wildman–Crippen MR) is 75.1 cm³/mol. The number of hydrogen-bond acceptors (Lipinski definition) is 3. The number of aromatic nitrogens is 1. The number of allylic oxidation sites excluding steroid dienone is 1. The minimum atomic E-state index is 0.558. The Kier molecular flexibility index (Phi) is 3.94. The van der Waals surface area contributed by atoms with Crippen LogP contribution in [0, 0.1) is 11.8 Å². The van der Waals surface area contributed by atoms with Crippen LogP contribution in [0.15, 0.2) is 39.7 Å². The summed E-state index contributed by atoms with van der Waals surface area (Å²) in [5.74, 6) is 2.89. The molecule has 0 saturated carbocycles. The first-order chi connectivity index (χ1) is 8.15. The van der Waals surface area contributed by atoms with E-state index in [-0.39, 0.29) is 0 Å². The van der Waals surface area contributed by atoms with Crippen molar-refractivity contribution in [1.82, 2.24) is 4.98 Å². The second kappa shape index (κ2) is 5.45. The first-order valence-electron chi connectivity index (χ1n) is 5.79. The third-order valence-electron chi connectivity index (χ3n) is 2.81. The van der Waals surface area contributed by atoms with Crippen LogP contribution in [0.4, 0.5) is 5.82 Å². The Bertz CT molecular complexity index is 452. The van der Waals surface area contributed by atoms with Gasteiger partial charge in [0, 0.05) is 6.21 Å². The van der Waals surface area contributed by atoms with Crippen LogP contribution in [0.1, 0.15) is 20.3 Å². The zero-order valence-electron chi connectivity index (χ0n) is 10.0. The largest absolute Gasteiger partial charge is 0.325 e. The number of pyridine rings is 1. The molecule has 1 aliphatic rings. The highest BCUT2D eigenvalue weighted by atomic mass is 79.9. The van der Waals surface area contributed by atoms with Crippen LogP contribution in [0.2, 0.25) is 0 Å². The summed E-state index contributed by atoms with van der Waals surface area (Å²) in [6.07, 6.45) is 5.19. The Hall–Kier alpha value is -1.16. The number of nitrogens with zero attached hydrogens (tertiary/aromatic N) is 2. The number of anilines is 1. The van der Waals surface area contributed by atoms with E-state index in [2.05, 4.69) is 51.1 Å². The molecule has 1 aliphatic heterocycles. The van der Waals surface area contributed by atoms with Gasteiger partial charge in [0.05, 0.1) is 0 Å². The lowest BCUT2D eigenvalue weighted by Gasteiger charge is -2.19. The number of aliphatic imine (C=N–C) groups is 1. The summed E-state index contributed by atoms with van der Waals surface area (Å²) in [6.45, 7) is 4.46. The van der Waals surface area contributed by atoms with E-state index in [0.717, 1.165) is 22.7 Å². The number of rotatable bonds is 3. The van der Waals surface area contributed by atoms with Crippen molar-refractivity contribution in [2.75, 3.05) is 5.32 Å². The summed E-state index contributed by atoms with van der Waals surface area (Å²) in [4.78, 5) is 8.68. The van der Waals surface area contributed by atoms with Crippen molar-refractivity contribution in [2.24, 2.45) is 16.8 Å². The first-order valence-corrected chi connectivity index (χ1v) is 6.58. The van der Waals surface area contributed by atoms with E-state index in [9.17, 15) is 0 Å². The van der Waals surface area contributed by atoms with Crippen molar-refractivity contribution in [3.05, 3.63) is 34.7 Å². The van der Waals surface area contributed by atoms with Crippen LogP contribution in [0.25, 0.3) is 0 Å². The van der Waals surface area contributed by atoms with Gasteiger partial charge in [-0.05, 0) is 52.4 Å². The molecule has 1 unspecified atom stereocenters. The van der Waals surface area contributed by atoms with Crippen molar-refractivity contribution in [2.45, 2.75) is 20.3 Å². The Balaban J connectivity index is 2.11. The summed E-state index contributed by atoms with van der Waals surface area (Å²) in [7, 11) is 0. The van der Waals surface area contributed by atoms with Gasteiger partial charge in [-0.3, -0.25) is 0 Å². The average Bonchev–Trinajstić information content (AvgIpc) is 2.29. The molecule has 2 rings (SSSR count). The zero-order valence-corrected chi connectivity index (χ0v) is 11.6. The molecule has 0 fully saturated rings. The SMILES string of the molecule is CC(C)C1C=C(Nc2cccc(Br)n2)N=CC1. The predicted octanol–water partition coefficient (Wildman–Crippen LogP) is 3.84. The topological polar surface area (TPSA) is 37.3 Å². The lowest BCUT2D eigenvalue weighted by Crippen LogP contribution is -2.13. The molecule has 0 aromatic carbocycles. The summed E-state index contributed by atoms with van der Waals surface area (Å²) < 4.78 is 0.822. The molecular formula is C13H16BrN3. The minimum Gasteiger partial charge on any atom is -0.325 e. The van der Waals surface area contributed by atoms with Crippen LogP contribution in [-0.4, -0.2) is 11.2 Å². The monoisotopic (exact) mass is 293 g/mol. The van der Waals surface area contributed by atoms with Gasteiger partial charge in [-0.25, -0.2) is 9.98 Å². The van der Waals surface area contributed by atoms with E-state index in [1.54, 1.807) is 0 Å². The van der Waals surface area contributed by atoms with Gasteiger partial charge in [-0.2, -0.15) is 0 Å². The molecule has 4 heteroatoms. The Morgan fingerprint density at radius 2 is 2.24 bits per heavy atom. The van der Waals surface area contributed by atoms with E-state index in [1.165, 1.54) is 0 Å². The van der Waals surface area contributed by atoms with Crippen molar-refractivity contribution in [3.8, 4) is 0 Å². The Labute approximate surface area is 110 Å². The summed E-state index contributed by atoms with van der Waals surface area (Å²) in [6, 6.07) is 5.78. The van der Waals surface area contributed by atoms with Gasteiger partial charge in [0.25, 0.3) is 0 Å². The zero-order chi connectivity index (χ0) is 12.3. The molecule has 1 aromatic heterocycles. The molecular weight excluding hydrogens is 278 g/mol. The molecule has 0 aliphatic carbocycles. The van der Waals surface area contributed by atoms with E-state index >= 15 is 0 Å². The highest BCUT2D eigenvalue weighted by Gasteiger charge is 2.14. The van der Waals surface area contributed by atoms with E-state index in [1.807, 2.05) is 24.4 Å². The van der Waals surface area contributed by atoms with E-state index in [4.69, 9.17) is 0 Å². The Morgan fingerprint density at radius 3 is 2.94 bits per heavy atom. The fourth-order valence-electron chi connectivity index (χ4n) is 1.73. The number of nitrogens with one attached hydrogen (secondary N) is 1. The van der Waals surface area contributed by atoms with Crippen LogP contribution in [0.3, 0.4) is 0 Å². The molecule has 0 saturated heterocycles. The van der Waals surface area contributed by atoms with E-state index < -0.39 is 0 Å². The van der Waals surface area contributed by atoms with Crippen LogP contribution < -0.4 is 5.32 Å². The van der Waals surface area contributed by atoms with Crippen LogP contribution >= 0.6 is 15.9 Å². The van der Waals surface area contributed by atoms with Gasteiger partial charge in [-0.1, -0.05) is 19.9 Å². The standard InChI is InChI=1S/C13H16BrN3/c1-9(2)10-6-7-15-13(8-10)17-12-5-3-4-11(14)16-12/h3-5,7-10H,6H2,1-2H3,(H,16,17). The molecule has 0 amide bonds. The van der Waals surface area contributed by atoms with Gasteiger partial charge >= 0.3 is 0 Å². The normalized spacial score (nSPS) is 19.3. The molecule has 3 nitrogen and oxygen atoms in total. The number of halogens is 1. The molecule has 0 spiro atoms.